The summed E-state index contributed by atoms with van der Waals surface area (Å²) in [6, 6.07) is 4.26. The predicted octanol–water partition coefficient (Wildman–Crippen LogP) is 2.38. The average Bonchev–Trinajstić information content (AvgIpc) is 2.86. The zero-order valence-corrected chi connectivity index (χ0v) is 12.2. The van der Waals surface area contributed by atoms with E-state index in [2.05, 4.69) is 10.6 Å². The van der Waals surface area contributed by atoms with Gasteiger partial charge in [-0.3, -0.25) is 0 Å². The smallest absolute Gasteiger partial charge is 0.335 e. The summed E-state index contributed by atoms with van der Waals surface area (Å²) in [6.07, 6.45) is 1.94. The van der Waals surface area contributed by atoms with Crippen LogP contribution in [-0.4, -0.2) is 35.9 Å². The number of carbonyl (C=O) groups is 2. The van der Waals surface area contributed by atoms with Crippen LogP contribution in [0, 0.1) is 6.92 Å². The highest BCUT2D eigenvalue weighted by atomic mass is 16.5. The van der Waals surface area contributed by atoms with Crippen molar-refractivity contribution in [2.45, 2.75) is 32.3 Å². The third kappa shape index (κ3) is 3.95. The van der Waals surface area contributed by atoms with Crippen molar-refractivity contribution in [3.63, 3.8) is 0 Å². The van der Waals surface area contributed by atoms with Gasteiger partial charge < -0.3 is 20.5 Å². The Labute approximate surface area is 123 Å². The highest BCUT2D eigenvalue weighted by Gasteiger charge is 2.30. The molecule has 0 aliphatic carbocycles. The Hall–Kier alpha value is -2.08. The van der Waals surface area contributed by atoms with Gasteiger partial charge in [-0.25, -0.2) is 9.59 Å². The summed E-state index contributed by atoms with van der Waals surface area (Å²) in [5, 5.41) is 14.4. The summed E-state index contributed by atoms with van der Waals surface area (Å²) in [7, 11) is 0. The third-order valence-corrected chi connectivity index (χ3v) is 3.64. The van der Waals surface area contributed by atoms with Crippen molar-refractivity contribution in [1.29, 1.82) is 0 Å². The molecule has 1 saturated heterocycles. The molecule has 2 amide bonds. The molecular weight excluding hydrogens is 272 g/mol. The van der Waals surface area contributed by atoms with Gasteiger partial charge in [0.1, 0.15) is 0 Å². The van der Waals surface area contributed by atoms with Gasteiger partial charge in [-0.2, -0.15) is 0 Å². The first-order chi connectivity index (χ1) is 9.89. The van der Waals surface area contributed by atoms with Crippen LogP contribution >= 0.6 is 0 Å². The molecule has 1 atom stereocenters. The molecule has 6 heteroatoms. The minimum Gasteiger partial charge on any atom is -0.478 e. The van der Waals surface area contributed by atoms with E-state index in [9.17, 15) is 9.59 Å². The molecule has 0 aromatic heterocycles. The molecule has 6 nitrogen and oxygen atoms in total. The number of nitrogens with one attached hydrogen (secondary N) is 2. The highest BCUT2D eigenvalue weighted by molar-refractivity contribution is 5.92. The number of carboxylic acids is 1. The van der Waals surface area contributed by atoms with Gasteiger partial charge in [0.25, 0.3) is 0 Å². The lowest BCUT2D eigenvalue weighted by Gasteiger charge is -2.23. The fourth-order valence-corrected chi connectivity index (χ4v) is 2.35. The molecule has 1 heterocycles. The molecule has 1 aliphatic rings. The summed E-state index contributed by atoms with van der Waals surface area (Å²) in [6.45, 7) is 4.91. The van der Waals surface area contributed by atoms with Crippen LogP contribution in [0.2, 0.25) is 0 Å². The SMILES string of the molecule is Cc1cc(C(=O)O)ccc1NC(=O)NCC1(C)CCCO1. The van der Waals surface area contributed by atoms with E-state index in [1.54, 1.807) is 13.0 Å². The zero-order valence-electron chi connectivity index (χ0n) is 12.2. The van der Waals surface area contributed by atoms with Crippen molar-refractivity contribution in [2.24, 2.45) is 0 Å². The van der Waals surface area contributed by atoms with Crippen LogP contribution in [0.15, 0.2) is 18.2 Å². The molecule has 21 heavy (non-hydrogen) atoms. The number of hydrogen-bond acceptors (Lipinski definition) is 3. The summed E-state index contributed by atoms with van der Waals surface area (Å²) in [5.41, 5.74) is 1.20. The van der Waals surface area contributed by atoms with E-state index >= 15 is 0 Å². The number of benzene rings is 1. The van der Waals surface area contributed by atoms with Gasteiger partial charge in [0.2, 0.25) is 0 Å². The minimum atomic E-state index is -0.986. The van der Waals surface area contributed by atoms with Gasteiger partial charge in [0.15, 0.2) is 0 Å². The fourth-order valence-electron chi connectivity index (χ4n) is 2.35. The van der Waals surface area contributed by atoms with Gasteiger partial charge in [-0.05, 0) is 50.5 Å². The molecule has 1 unspecified atom stereocenters. The maximum absolute atomic E-state index is 11.9. The van der Waals surface area contributed by atoms with Crippen molar-refractivity contribution < 1.29 is 19.4 Å². The molecule has 0 radical (unpaired) electrons. The first-order valence-corrected chi connectivity index (χ1v) is 6.92. The molecule has 1 aromatic carbocycles. The first kappa shape index (κ1) is 15.3. The second-order valence-corrected chi connectivity index (χ2v) is 5.54. The molecule has 0 bridgehead atoms. The quantitative estimate of drug-likeness (QED) is 0.795. The fraction of sp³-hybridized carbons (Fsp3) is 0.467. The summed E-state index contributed by atoms with van der Waals surface area (Å²) in [4.78, 5) is 22.7. The molecular formula is C15H20N2O4. The third-order valence-electron chi connectivity index (χ3n) is 3.64. The summed E-state index contributed by atoms with van der Waals surface area (Å²) < 4.78 is 5.60. The Morgan fingerprint density at radius 2 is 2.19 bits per heavy atom. The average molecular weight is 292 g/mol. The number of hydrogen-bond donors (Lipinski definition) is 3. The van der Waals surface area contributed by atoms with E-state index in [0.29, 0.717) is 17.8 Å². The summed E-state index contributed by atoms with van der Waals surface area (Å²) >= 11 is 0. The van der Waals surface area contributed by atoms with Gasteiger partial charge in [-0.15, -0.1) is 0 Å². The highest BCUT2D eigenvalue weighted by Crippen LogP contribution is 2.24. The number of aryl methyl sites for hydroxylation is 1. The first-order valence-electron chi connectivity index (χ1n) is 6.92. The van der Waals surface area contributed by atoms with Crippen LogP contribution in [0.4, 0.5) is 10.5 Å². The van der Waals surface area contributed by atoms with Gasteiger partial charge in [0.05, 0.1) is 11.2 Å². The number of carboxylic acid groups (broad SMARTS) is 1. The lowest BCUT2D eigenvalue weighted by Crippen LogP contribution is -2.41. The molecule has 3 N–H and O–H groups in total. The zero-order chi connectivity index (χ0) is 15.5. The Kier molecular flexibility index (Phi) is 4.47. The second-order valence-electron chi connectivity index (χ2n) is 5.54. The van der Waals surface area contributed by atoms with E-state index in [4.69, 9.17) is 9.84 Å². The van der Waals surface area contributed by atoms with Crippen LogP contribution < -0.4 is 10.6 Å². The monoisotopic (exact) mass is 292 g/mol. The molecule has 114 valence electrons. The maximum Gasteiger partial charge on any atom is 0.335 e. The number of rotatable bonds is 4. The van der Waals surface area contributed by atoms with E-state index in [-0.39, 0.29) is 17.2 Å². The van der Waals surface area contributed by atoms with Crippen molar-refractivity contribution in [1.82, 2.24) is 5.32 Å². The van der Waals surface area contributed by atoms with Crippen molar-refractivity contribution in [2.75, 3.05) is 18.5 Å². The molecule has 1 fully saturated rings. The Morgan fingerprint density at radius 1 is 1.43 bits per heavy atom. The largest absolute Gasteiger partial charge is 0.478 e. The van der Waals surface area contributed by atoms with Gasteiger partial charge in [0, 0.05) is 18.8 Å². The number of aromatic carboxylic acids is 1. The second kappa shape index (κ2) is 6.13. The van der Waals surface area contributed by atoms with Crippen LogP contribution in [0.3, 0.4) is 0 Å². The predicted molar refractivity (Wildman–Crippen MR) is 78.8 cm³/mol. The standard InChI is InChI=1S/C15H20N2O4/c1-10-8-11(13(18)19)4-5-12(10)17-14(20)16-9-15(2)6-3-7-21-15/h4-5,8H,3,6-7,9H2,1-2H3,(H,18,19)(H2,16,17,20). The van der Waals surface area contributed by atoms with Crippen LogP contribution in [-0.2, 0) is 4.74 Å². The lowest BCUT2D eigenvalue weighted by atomic mass is 10.0. The van der Waals surface area contributed by atoms with Crippen molar-refractivity contribution in [3.05, 3.63) is 29.3 Å². The molecule has 1 aliphatic heterocycles. The Balaban J connectivity index is 1.92. The maximum atomic E-state index is 11.9. The van der Waals surface area contributed by atoms with Crippen molar-refractivity contribution >= 4 is 17.7 Å². The van der Waals surface area contributed by atoms with E-state index in [1.807, 2.05) is 6.92 Å². The summed E-state index contributed by atoms with van der Waals surface area (Å²) in [5.74, 6) is -0.986. The normalized spacial score (nSPS) is 21.0. The van der Waals surface area contributed by atoms with Crippen LogP contribution in [0.25, 0.3) is 0 Å². The number of urea groups is 1. The number of amides is 2. The Morgan fingerprint density at radius 3 is 2.76 bits per heavy atom. The number of anilines is 1. The van der Waals surface area contributed by atoms with Crippen molar-refractivity contribution in [3.8, 4) is 0 Å². The lowest BCUT2D eigenvalue weighted by molar-refractivity contribution is 0.0232. The van der Waals surface area contributed by atoms with Crippen LogP contribution in [0.5, 0.6) is 0 Å². The Bertz CT molecular complexity index is 551. The van der Waals surface area contributed by atoms with Gasteiger partial charge >= 0.3 is 12.0 Å². The van der Waals surface area contributed by atoms with E-state index < -0.39 is 5.97 Å². The van der Waals surface area contributed by atoms with E-state index in [0.717, 1.165) is 19.4 Å². The number of ether oxygens (including phenoxy) is 1. The molecule has 1 aromatic rings. The number of carbonyl (C=O) groups excluding carboxylic acids is 1. The van der Waals surface area contributed by atoms with Crippen LogP contribution in [0.1, 0.15) is 35.7 Å². The molecule has 0 spiro atoms. The minimum absolute atomic E-state index is 0.199. The topological polar surface area (TPSA) is 87.7 Å². The molecule has 0 saturated carbocycles. The van der Waals surface area contributed by atoms with E-state index in [1.165, 1.54) is 12.1 Å². The molecule has 2 rings (SSSR count). The van der Waals surface area contributed by atoms with Gasteiger partial charge in [-0.1, -0.05) is 0 Å².